The highest BCUT2D eigenvalue weighted by Gasteiger charge is 2.42. The van der Waals surface area contributed by atoms with Crippen molar-refractivity contribution in [1.29, 1.82) is 0 Å². The number of nitrogens with zero attached hydrogens (tertiary/aromatic N) is 1. The largest absolute Gasteiger partial charge is 0.504 e. The van der Waals surface area contributed by atoms with Gasteiger partial charge in [-0.25, -0.2) is 4.98 Å². The summed E-state index contributed by atoms with van der Waals surface area (Å²) in [6, 6.07) is 15.6. The quantitative estimate of drug-likeness (QED) is 0.125. The Kier molecular flexibility index (Phi) is 13.5. The van der Waals surface area contributed by atoms with Gasteiger partial charge in [-0.1, -0.05) is 63.3 Å². The second kappa shape index (κ2) is 18.0. The van der Waals surface area contributed by atoms with Gasteiger partial charge in [-0.2, -0.15) is 0 Å². The molecule has 0 aliphatic heterocycles. The molecule has 0 amide bonds. The number of carbonyl (C=O) groups is 2. The lowest BCUT2D eigenvalue weighted by atomic mass is 9.75. The first-order valence-corrected chi connectivity index (χ1v) is 19.1. The summed E-state index contributed by atoms with van der Waals surface area (Å²) in [6.07, 6.45) is 6.20. The van der Waals surface area contributed by atoms with E-state index in [-0.39, 0.29) is 48.7 Å². The van der Waals surface area contributed by atoms with E-state index in [0.717, 1.165) is 54.4 Å². The normalized spacial score (nSPS) is 24.4. The number of hydrogen-bond donors (Lipinski definition) is 4. The molecule has 8 nitrogen and oxygen atoms in total. The smallest absolute Gasteiger partial charge is 0.173 e. The Balaban J connectivity index is 1.70. The van der Waals surface area contributed by atoms with Crippen molar-refractivity contribution < 1.29 is 29.6 Å². The number of ketones is 2. The van der Waals surface area contributed by atoms with Gasteiger partial charge in [-0.3, -0.25) is 9.59 Å². The number of aryl methyl sites for hydroxylation is 2. The van der Waals surface area contributed by atoms with Crippen LogP contribution >= 0.6 is 0 Å². The van der Waals surface area contributed by atoms with Gasteiger partial charge in [0.05, 0.1) is 13.0 Å². The molecule has 0 spiro atoms. The highest BCUT2D eigenvalue weighted by Crippen LogP contribution is 2.43. The number of ether oxygens (including phenoxy) is 1. The monoisotopic (exact) mass is 708 g/mol. The molecule has 7 atom stereocenters. The first kappa shape index (κ1) is 39.0. The molecule has 5 rings (SSSR count). The number of Topliss-reactive ketones (excluding diaryl/α,β-unsaturated/α-hetero) is 2. The Morgan fingerprint density at radius 2 is 1.79 bits per heavy atom. The Labute approximate surface area is 309 Å². The first-order chi connectivity index (χ1) is 25.0. The summed E-state index contributed by atoms with van der Waals surface area (Å²) in [5, 5.41) is 33.0. The summed E-state index contributed by atoms with van der Waals surface area (Å²) in [5.41, 5.74) is 10.9. The third-order valence-corrected chi connectivity index (χ3v) is 11.3. The summed E-state index contributed by atoms with van der Waals surface area (Å²) in [6.45, 7) is 6.51. The Morgan fingerprint density at radius 3 is 2.50 bits per heavy atom. The van der Waals surface area contributed by atoms with Crippen LogP contribution in [0.4, 0.5) is 5.82 Å². The number of nitrogen functional groups attached to an aromatic ring is 1. The second-order valence-corrected chi connectivity index (χ2v) is 15.4. The van der Waals surface area contributed by atoms with Crippen LogP contribution in [0.2, 0.25) is 0 Å². The summed E-state index contributed by atoms with van der Waals surface area (Å²) in [5.74, 6) is 5.97. The SMILES string of the molecule is CCC[C@H](CO)[C@@H]1C[C@H](Cc2ccnc(N)c2)C[C@H]2C#C[C@H](c3ccccc3CCC(C)C)c3cc(O)c(OC)cc3CCC(=O)[C@H](O)C(=O)[C@H]2C1. The van der Waals surface area contributed by atoms with Crippen LogP contribution in [-0.4, -0.2) is 51.7 Å². The van der Waals surface area contributed by atoms with Crippen LogP contribution < -0.4 is 10.5 Å². The summed E-state index contributed by atoms with van der Waals surface area (Å²) < 4.78 is 5.48. The van der Waals surface area contributed by atoms with Crippen LogP contribution in [0.3, 0.4) is 0 Å². The number of aliphatic hydroxyl groups is 2. The van der Waals surface area contributed by atoms with Crippen LogP contribution in [0.25, 0.3) is 0 Å². The minimum Gasteiger partial charge on any atom is -0.504 e. The summed E-state index contributed by atoms with van der Waals surface area (Å²) in [4.78, 5) is 32.2. The van der Waals surface area contributed by atoms with Gasteiger partial charge < -0.3 is 25.8 Å². The molecule has 0 bridgehead atoms. The summed E-state index contributed by atoms with van der Waals surface area (Å²) >= 11 is 0. The number of methoxy groups -OCH3 is 1. The molecule has 1 heterocycles. The van der Waals surface area contributed by atoms with Crippen molar-refractivity contribution in [2.45, 2.75) is 97.0 Å². The van der Waals surface area contributed by atoms with Crippen molar-refractivity contribution in [2.75, 3.05) is 19.5 Å². The van der Waals surface area contributed by atoms with Gasteiger partial charge in [0.1, 0.15) is 5.82 Å². The number of benzene rings is 2. The standard InChI is InChI=1S/C44H56N2O6/c1-5-8-33(26-47)34-21-29(19-28-17-18-46-42(45)22-28)20-31-13-15-36(35-10-7-6-9-30(35)12-11-27(2)3)37-25-40(49)41(52-4)24-32(37)14-16-39(48)44(51)43(50)38(31)23-34/h6-7,9-10,17-18,22,24-25,27,29,31,33-34,36,38,44,47,49,51H,5,8,11-12,14,16,19-21,23,26H2,1-4H3,(H2,45,46)/t29-,31-,33-,34-,36-,38+,44+/m1/s1. The molecule has 0 saturated heterocycles. The maximum absolute atomic E-state index is 14.3. The molecular formula is C44H56N2O6. The molecule has 8 heteroatoms. The number of fused-ring (bicyclic) bond motifs is 2. The van der Waals surface area contributed by atoms with E-state index in [9.17, 15) is 24.9 Å². The van der Waals surface area contributed by atoms with E-state index in [0.29, 0.717) is 31.0 Å². The first-order valence-electron chi connectivity index (χ1n) is 19.1. The molecule has 1 aromatic heterocycles. The van der Waals surface area contributed by atoms with Crippen molar-refractivity contribution in [2.24, 2.45) is 35.5 Å². The zero-order valence-electron chi connectivity index (χ0n) is 31.2. The maximum atomic E-state index is 14.3. The number of phenolic OH excluding ortho intramolecular Hbond substituents is 1. The van der Waals surface area contributed by atoms with Gasteiger partial charge in [-0.15, -0.1) is 0 Å². The van der Waals surface area contributed by atoms with Crippen LogP contribution in [0, 0.1) is 47.3 Å². The number of pyridine rings is 1. The minimum atomic E-state index is -1.76. The molecule has 2 aliphatic rings. The van der Waals surface area contributed by atoms with Crippen molar-refractivity contribution in [1.82, 2.24) is 4.98 Å². The fourth-order valence-corrected chi connectivity index (χ4v) is 8.49. The number of aromatic hydroxyl groups is 1. The molecular weight excluding hydrogens is 652 g/mol. The zero-order valence-corrected chi connectivity index (χ0v) is 31.2. The lowest BCUT2D eigenvalue weighted by Gasteiger charge is -2.29. The molecule has 52 heavy (non-hydrogen) atoms. The van der Waals surface area contributed by atoms with E-state index < -0.39 is 35.4 Å². The zero-order chi connectivity index (χ0) is 37.4. The number of anilines is 1. The topological polar surface area (TPSA) is 143 Å². The number of aliphatic hydroxyl groups excluding tert-OH is 2. The molecule has 1 fully saturated rings. The number of aromatic nitrogens is 1. The Bertz CT molecular complexity index is 1760. The third-order valence-electron chi connectivity index (χ3n) is 11.3. The molecule has 2 aliphatic carbocycles. The number of carbonyl (C=O) groups excluding carboxylic acids is 2. The van der Waals surface area contributed by atoms with Crippen molar-refractivity contribution >= 4 is 17.4 Å². The van der Waals surface area contributed by atoms with Gasteiger partial charge in [0.25, 0.3) is 0 Å². The highest BCUT2D eigenvalue weighted by atomic mass is 16.5. The molecule has 5 N–H and O–H groups in total. The molecule has 278 valence electrons. The maximum Gasteiger partial charge on any atom is 0.173 e. The minimum absolute atomic E-state index is 0.00258. The predicted molar refractivity (Wildman–Crippen MR) is 204 cm³/mol. The van der Waals surface area contributed by atoms with Crippen molar-refractivity contribution in [3.8, 4) is 23.3 Å². The molecule has 0 radical (unpaired) electrons. The van der Waals surface area contributed by atoms with Gasteiger partial charge in [0, 0.05) is 31.1 Å². The van der Waals surface area contributed by atoms with E-state index in [1.54, 1.807) is 18.3 Å². The van der Waals surface area contributed by atoms with E-state index in [2.05, 4.69) is 49.7 Å². The lowest BCUT2D eigenvalue weighted by molar-refractivity contribution is -0.142. The average molecular weight is 709 g/mol. The molecule has 2 aromatic carbocycles. The van der Waals surface area contributed by atoms with E-state index in [4.69, 9.17) is 10.5 Å². The second-order valence-electron chi connectivity index (χ2n) is 15.4. The van der Waals surface area contributed by atoms with Crippen LogP contribution in [0.1, 0.15) is 99.5 Å². The average Bonchev–Trinajstić information content (AvgIpc) is 3.30. The van der Waals surface area contributed by atoms with Gasteiger partial charge in [-0.05, 0) is 127 Å². The number of hydrogen-bond acceptors (Lipinski definition) is 8. The number of phenols is 1. The molecule has 0 unspecified atom stereocenters. The third kappa shape index (κ3) is 9.42. The number of nitrogens with two attached hydrogens (primary N) is 1. The highest BCUT2D eigenvalue weighted by molar-refractivity contribution is 6.06. The summed E-state index contributed by atoms with van der Waals surface area (Å²) in [7, 11) is 1.49. The fourth-order valence-electron chi connectivity index (χ4n) is 8.49. The van der Waals surface area contributed by atoms with Gasteiger partial charge >= 0.3 is 0 Å². The van der Waals surface area contributed by atoms with Crippen molar-refractivity contribution in [3.63, 3.8) is 0 Å². The number of rotatable bonds is 11. The van der Waals surface area contributed by atoms with Crippen LogP contribution in [0.5, 0.6) is 11.5 Å². The predicted octanol–water partition coefficient (Wildman–Crippen LogP) is 6.85. The van der Waals surface area contributed by atoms with Gasteiger partial charge in [0.2, 0.25) is 0 Å². The van der Waals surface area contributed by atoms with Gasteiger partial charge in [0.15, 0.2) is 29.2 Å². The van der Waals surface area contributed by atoms with Crippen LogP contribution in [0.15, 0.2) is 54.7 Å². The lowest BCUT2D eigenvalue weighted by Crippen LogP contribution is -2.39. The van der Waals surface area contributed by atoms with E-state index in [1.807, 2.05) is 24.3 Å². The fraction of sp³-hybridized carbons (Fsp3) is 0.523. The van der Waals surface area contributed by atoms with Crippen LogP contribution in [-0.2, 0) is 28.9 Å². The van der Waals surface area contributed by atoms with E-state index in [1.165, 1.54) is 12.7 Å². The Morgan fingerprint density at radius 1 is 1.00 bits per heavy atom. The van der Waals surface area contributed by atoms with Crippen molar-refractivity contribution in [3.05, 3.63) is 82.5 Å². The molecule has 3 aromatic rings. The molecule has 1 saturated carbocycles. The Hall–Kier alpha value is -4.19. The van der Waals surface area contributed by atoms with E-state index >= 15 is 0 Å².